The van der Waals surface area contributed by atoms with Crippen LogP contribution in [0.25, 0.3) is 0 Å². The number of ether oxygens (including phenoxy) is 1. The second-order valence-corrected chi connectivity index (χ2v) is 2.60. The number of nitrogens with one attached hydrogen (secondary N) is 1. The molecule has 0 spiro atoms. The molecule has 1 unspecified atom stereocenters. The summed E-state index contributed by atoms with van der Waals surface area (Å²) in [5.41, 5.74) is 4.85. The Morgan fingerprint density at radius 1 is 1.70 bits per heavy atom. The molecule has 1 fully saturated rings. The van der Waals surface area contributed by atoms with Crippen LogP contribution in [0.3, 0.4) is 0 Å². The Balaban J connectivity index is 0.000000810. The Hall–Kier alpha value is -0.280. The van der Waals surface area contributed by atoms with E-state index in [4.69, 9.17) is 15.9 Å². The Labute approximate surface area is 66.9 Å². The molecule has 0 aromatic heterocycles. The Bertz CT molecular complexity index is 132. The van der Waals surface area contributed by atoms with Gasteiger partial charge in [-0.05, 0) is 19.8 Å². The lowest BCUT2D eigenvalue weighted by molar-refractivity contribution is 0.0760. The molecular weight excluding hydrogens is 152 g/mol. The van der Waals surface area contributed by atoms with Crippen LogP contribution in [0.2, 0.25) is 0 Å². The quantitative estimate of drug-likeness (QED) is 0.447. The van der Waals surface area contributed by atoms with Crippen molar-refractivity contribution in [1.29, 1.82) is 5.41 Å². The zero-order valence-corrected chi connectivity index (χ0v) is 6.83. The van der Waals surface area contributed by atoms with Crippen LogP contribution in [-0.4, -0.2) is 18.0 Å². The number of halogens is 1. The van der Waals surface area contributed by atoms with Gasteiger partial charge in [-0.15, -0.1) is 12.4 Å². The van der Waals surface area contributed by atoms with E-state index in [1.165, 1.54) is 0 Å². The second kappa shape index (κ2) is 3.21. The normalized spacial score (nSPS) is 31.3. The van der Waals surface area contributed by atoms with Gasteiger partial charge < -0.3 is 10.5 Å². The van der Waals surface area contributed by atoms with Crippen molar-refractivity contribution in [3.05, 3.63) is 0 Å². The average molecular weight is 165 g/mol. The fourth-order valence-electron chi connectivity index (χ4n) is 0.992. The van der Waals surface area contributed by atoms with Crippen molar-refractivity contribution in [2.75, 3.05) is 6.61 Å². The van der Waals surface area contributed by atoms with Crippen LogP contribution < -0.4 is 5.73 Å². The topological polar surface area (TPSA) is 59.1 Å². The van der Waals surface area contributed by atoms with E-state index in [0.29, 0.717) is 0 Å². The minimum atomic E-state index is -0.444. The fraction of sp³-hybridized carbons (Fsp3) is 0.833. The molecule has 0 bridgehead atoms. The minimum absolute atomic E-state index is 0. The molecule has 1 rings (SSSR count). The summed E-state index contributed by atoms with van der Waals surface area (Å²) in [4.78, 5) is 0. The Kier molecular flexibility index (Phi) is 3.12. The summed E-state index contributed by atoms with van der Waals surface area (Å²) in [7, 11) is 0. The molecule has 1 atom stereocenters. The van der Waals surface area contributed by atoms with E-state index in [9.17, 15) is 0 Å². The molecule has 0 aliphatic carbocycles. The van der Waals surface area contributed by atoms with Crippen LogP contribution in [0.1, 0.15) is 19.8 Å². The molecule has 0 aromatic carbocycles. The summed E-state index contributed by atoms with van der Waals surface area (Å²) in [5.74, 6) is 0.153. The maximum atomic E-state index is 7.14. The van der Waals surface area contributed by atoms with Gasteiger partial charge in [0.15, 0.2) is 0 Å². The number of rotatable bonds is 1. The first-order valence-corrected chi connectivity index (χ1v) is 3.14. The number of amidine groups is 1. The minimum Gasteiger partial charge on any atom is -0.385 e. The van der Waals surface area contributed by atoms with Crippen molar-refractivity contribution >= 4 is 18.2 Å². The maximum absolute atomic E-state index is 7.14. The van der Waals surface area contributed by atoms with Crippen molar-refractivity contribution in [3.8, 4) is 0 Å². The monoisotopic (exact) mass is 164 g/mol. The molecule has 0 saturated carbocycles. The lowest BCUT2D eigenvalue weighted by Gasteiger charge is -2.20. The molecule has 3 nitrogen and oxygen atoms in total. The van der Waals surface area contributed by atoms with Gasteiger partial charge in [-0.1, -0.05) is 0 Å². The van der Waals surface area contributed by atoms with Gasteiger partial charge in [0.25, 0.3) is 0 Å². The van der Waals surface area contributed by atoms with E-state index in [2.05, 4.69) is 0 Å². The van der Waals surface area contributed by atoms with Crippen LogP contribution in [0.5, 0.6) is 0 Å². The summed E-state index contributed by atoms with van der Waals surface area (Å²) in [6.45, 7) is 2.61. The van der Waals surface area contributed by atoms with Crippen molar-refractivity contribution in [2.45, 2.75) is 25.4 Å². The lowest BCUT2D eigenvalue weighted by Crippen LogP contribution is -2.39. The summed E-state index contributed by atoms with van der Waals surface area (Å²) in [5, 5.41) is 7.14. The van der Waals surface area contributed by atoms with Gasteiger partial charge >= 0.3 is 0 Å². The summed E-state index contributed by atoms with van der Waals surface area (Å²) < 4.78 is 5.25. The predicted molar refractivity (Wildman–Crippen MR) is 42.8 cm³/mol. The van der Waals surface area contributed by atoms with E-state index in [1.54, 1.807) is 0 Å². The van der Waals surface area contributed by atoms with Gasteiger partial charge in [-0.2, -0.15) is 0 Å². The molecule has 0 amide bonds. The van der Waals surface area contributed by atoms with Gasteiger partial charge in [-0.25, -0.2) is 0 Å². The van der Waals surface area contributed by atoms with Crippen molar-refractivity contribution in [2.24, 2.45) is 5.73 Å². The molecule has 1 aliphatic rings. The molecule has 60 valence electrons. The van der Waals surface area contributed by atoms with Crippen LogP contribution in [0.15, 0.2) is 0 Å². The average Bonchev–Trinajstić information content (AvgIpc) is 2.16. The number of hydrogen-bond donors (Lipinski definition) is 2. The largest absolute Gasteiger partial charge is 0.385 e. The number of nitrogens with two attached hydrogens (primary N) is 1. The summed E-state index contributed by atoms with van der Waals surface area (Å²) in [6.07, 6.45) is 1.92. The van der Waals surface area contributed by atoms with Crippen LogP contribution in [0, 0.1) is 5.41 Å². The fourth-order valence-corrected chi connectivity index (χ4v) is 0.992. The second-order valence-electron chi connectivity index (χ2n) is 2.60. The highest BCUT2D eigenvalue weighted by molar-refractivity contribution is 5.86. The highest BCUT2D eigenvalue weighted by Gasteiger charge is 2.32. The van der Waals surface area contributed by atoms with Crippen molar-refractivity contribution < 1.29 is 4.74 Å². The highest BCUT2D eigenvalue weighted by atomic mass is 35.5. The van der Waals surface area contributed by atoms with Crippen LogP contribution in [0.4, 0.5) is 0 Å². The first kappa shape index (κ1) is 9.72. The van der Waals surface area contributed by atoms with E-state index in [0.717, 1.165) is 19.4 Å². The van der Waals surface area contributed by atoms with E-state index < -0.39 is 5.60 Å². The van der Waals surface area contributed by atoms with Gasteiger partial charge in [0.1, 0.15) is 11.4 Å². The van der Waals surface area contributed by atoms with Crippen LogP contribution >= 0.6 is 12.4 Å². The molecular formula is C6H13ClN2O. The molecule has 10 heavy (non-hydrogen) atoms. The molecule has 1 aliphatic heterocycles. The van der Waals surface area contributed by atoms with E-state index in [-0.39, 0.29) is 18.2 Å². The van der Waals surface area contributed by atoms with E-state index in [1.807, 2.05) is 6.92 Å². The van der Waals surface area contributed by atoms with Gasteiger partial charge in [-0.3, -0.25) is 5.41 Å². The first-order chi connectivity index (χ1) is 4.15. The van der Waals surface area contributed by atoms with Gasteiger partial charge in [0, 0.05) is 6.61 Å². The maximum Gasteiger partial charge on any atom is 0.123 e. The smallest absolute Gasteiger partial charge is 0.123 e. The first-order valence-electron chi connectivity index (χ1n) is 3.14. The summed E-state index contributed by atoms with van der Waals surface area (Å²) in [6, 6.07) is 0. The molecule has 4 heteroatoms. The third-order valence-electron chi connectivity index (χ3n) is 1.79. The van der Waals surface area contributed by atoms with Gasteiger partial charge in [0.05, 0.1) is 0 Å². The lowest BCUT2D eigenvalue weighted by atomic mass is 10.0. The SMILES string of the molecule is CC1(C(=N)N)CCCO1.Cl. The molecule has 1 saturated heterocycles. The Morgan fingerprint density at radius 2 is 2.30 bits per heavy atom. The van der Waals surface area contributed by atoms with E-state index >= 15 is 0 Å². The third-order valence-corrected chi connectivity index (χ3v) is 1.79. The van der Waals surface area contributed by atoms with Crippen LogP contribution in [-0.2, 0) is 4.74 Å². The van der Waals surface area contributed by atoms with Crippen molar-refractivity contribution in [3.63, 3.8) is 0 Å². The molecule has 3 N–H and O–H groups in total. The highest BCUT2D eigenvalue weighted by Crippen LogP contribution is 2.23. The molecule has 0 aromatic rings. The predicted octanol–water partition coefficient (Wildman–Crippen LogP) is 0.913. The van der Waals surface area contributed by atoms with Crippen molar-refractivity contribution in [1.82, 2.24) is 0 Å². The zero-order valence-electron chi connectivity index (χ0n) is 6.02. The molecule has 0 radical (unpaired) electrons. The standard InChI is InChI=1S/C6H12N2O.ClH/c1-6(5(7)8)3-2-4-9-6;/h2-4H2,1H3,(H3,7,8);1H. The number of hydrogen-bond acceptors (Lipinski definition) is 2. The zero-order chi connectivity index (χ0) is 6.91. The summed E-state index contributed by atoms with van der Waals surface area (Å²) >= 11 is 0. The third kappa shape index (κ3) is 1.61. The molecule has 1 heterocycles. The van der Waals surface area contributed by atoms with Gasteiger partial charge in [0.2, 0.25) is 0 Å². The Morgan fingerprint density at radius 3 is 2.50 bits per heavy atom.